The van der Waals surface area contributed by atoms with Crippen LogP contribution in [0.1, 0.15) is 56.1 Å². The van der Waals surface area contributed by atoms with Gasteiger partial charge in [-0.3, -0.25) is 0 Å². The molecule has 0 atom stereocenters. The summed E-state index contributed by atoms with van der Waals surface area (Å²) in [7, 11) is 1.92. The van der Waals surface area contributed by atoms with E-state index in [1.54, 1.807) is 0 Å². The Morgan fingerprint density at radius 1 is 1.19 bits per heavy atom. The number of hydrogen-bond donors (Lipinski definition) is 1. The first-order valence-corrected chi connectivity index (χ1v) is 8.95. The summed E-state index contributed by atoms with van der Waals surface area (Å²) in [5, 5.41) is 8.58. The van der Waals surface area contributed by atoms with Gasteiger partial charge < -0.3 is 10.3 Å². The highest BCUT2D eigenvalue weighted by molar-refractivity contribution is 5.41. The Morgan fingerprint density at radius 3 is 2.62 bits per heavy atom. The van der Waals surface area contributed by atoms with E-state index in [0.29, 0.717) is 24.3 Å². The topological polar surface area (TPSA) is 56.7 Å². The minimum Gasteiger partial charge on any atom is -0.328 e. The Hall–Kier alpha value is -2.07. The van der Waals surface area contributed by atoms with Gasteiger partial charge in [0.25, 0.3) is 0 Å². The number of rotatable bonds is 4. The third-order valence-electron chi connectivity index (χ3n) is 5.08. The van der Waals surface area contributed by atoms with Crippen LogP contribution in [-0.2, 0) is 13.5 Å². The number of halogens is 3. The van der Waals surface area contributed by atoms with Gasteiger partial charge in [-0.05, 0) is 38.2 Å². The Kier molecular flexibility index (Phi) is 5.52. The van der Waals surface area contributed by atoms with E-state index in [0.717, 1.165) is 49.5 Å². The summed E-state index contributed by atoms with van der Waals surface area (Å²) in [5.74, 6) is 7.68. The first kappa shape index (κ1) is 18.7. The highest BCUT2D eigenvalue weighted by Gasteiger charge is 2.32. The van der Waals surface area contributed by atoms with E-state index >= 15 is 0 Å². The Balaban J connectivity index is 1.67. The van der Waals surface area contributed by atoms with Crippen molar-refractivity contribution in [3.8, 4) is 11.8 Å². The zero-order chi connectivity index (χ0) is 18.7. The van der Waals surface area contributed by atoms with Crippen LogP contribution in [0.4, 0.5) is 13.2 Å². The number of alkyl halides is 3. The molecule has 0 spiro atoms. The summed E-state index contributed by atoms with van der Waals surface area (Å²) < 4.78 is 40.8. The standard InChI is InChI=1S/C19H23F3N4/c1-26-17(24-25-18(26)14-7-9-16(23)10-8-14)11-6-13-4-2-3-5-15(12-13)19(20,21)22/h5,12,14,16H,3,6-11,23H2,1H3. The van der Waals surface area contributed by atoms with E-state index in [9.17, 15) is 13.2 Å². The highest BCUT2D eigenvalue weighted by Crippen LogP contribution is 2.32. The van der Waals surface area contributed by atoms with Crippen LogP contribution in [-0.4, -0.2) is 27.0 Å². The zero-order valence-electron chi connectivity index (χ0n) is 14.8. The quantitative estimate of drug-likeness (QED) is 0.831. The molecule has 0 radical (unpaired) electrons. The second-order valence-corrected chi connectivity index (χ2v) is 6.98. The summed E-state index contributed by atoms with van der Waals surface area (Å²) in [6.07, 6.45) is 2.97. The normalized spacial score (nSPS) is 23.6. The van der Waals surface area contributed by atoms with Crippen LogP contribution in [0, 0.1) is 11.8 Å². The molecule has 140 valence electrons. The summed E-state index contributed by atoms with van der Waals surface area (Å²) in [4.78, 5) is 0. The lowest BCUT2D eigenvalue weighted by molar-refractivity contribution is -0.0884. The maximum atomic E-state index is 13.0. The molecule has 0 amide bonds. The van der Waals surface area contributed by atoms with Gasteiger partial charge in [-0.15, -0.1) is 10.2 Å². The first-order chi connectivity index (χ1) is 12.3. The molecule has 0 saturated heterocycles. The van der Waals surface area contributed by atoms with E-state index in [4.69, 9.17) is 5.73 Å². The van der Waals surface area contributed by atoms with Gasteiger partial charge in [0.2, 0.25) is 0 Å². The second kappa shape index (κ2) is 7.67. The van der Waals surface area contributed by atoms with Gasteiger partial charge in [0.15, 0.2) is 0 Å². The number of nitrogens with two attached hydrogens (primary N) is 1. The van der Waals surface area contributed by atoms with Gasteiger partial charge in [0.1, 0.15) is 11.6 Å². The van der Waals surface area contributed by atoms with Gasteiger partial charge in [-0.1, -0.05) is 17.9 Å². The van der Waals surface area contributed by atoms with Crippen molar-refractivity contribution in [2.75, 3.05) is 0 Å². The fourth-order valence-electron chi connectivity index (χ4n) is 3.51. The molecule has 7 heteroatoms. The minimum atomic E-state index is -4.35. The Bertz CT molecular complexity index is 769. The van der Waals surface area contributed by atoms with Crippen molar-refractivity contribution < 1.29 is 13.2 Å². The SMILES string of the molecule is Cn1c(CCC2=CC(C(F)(F)F)=CCC#C2)nnc1C1CCC(N)CC1. The molecule has 1 aromatic heterocycles. The van der Waals surface area contributed by atoms with E-state index in [2.05, 4.69) is 22.0 Å². The lowest BCUT2D eigenvalue weighted by Crippen LogP contribution is -2.26. The highest BCUT2D eigenvalue weighted by atomic mass is 19.4. The van der Waals surface area contributed by atoms with Crippen molar-refractivity contribution in [2.45, 2.75) is 63.1 Å². The van der Waals surface area contributed by atoms with Gasteiger partial charge in [0, 0.05) is 37.4 Å². The van der Waals surface area contributed by atoms with Crippen LogP contribution in [0.2, 0.25) is 0 Å². The lowest BCUT2D eigenvalue weighted by atomic mass is 9.86. The molecular weight excluding hydrogens is 341 g/mol. The molecule has 1 heterocycles. The van der Waals surface area contributed by atoms with Crippen molar-refractivity contribution >= 4 is 0 Å². The molecule has 2 aliphatic rings. The third-order valence-corrected chi connectivity index (χ3v) is 5.08. The molecule has 2 aliphatic carbocycles. The molecule has 2 N–H and O–H groups in total. The van der Waals surface area contributed by atoms with E-state index in [1.807, 2.05) is 11.6 Å². The fraction of sp³-hybridized carbons (Fsp3) is 0.579. The number of hydrogen-bond acceptors (Lipinski definition) is 3. The predicted octanol–water partition coefficient (Wildman–Crippen LogP) is 3.55. The average molecular weight is 364 g/mol. The molecule has 4 nitrogen and oxygen atoms in total. The molecule has 0 bridgehead atoms. The molecule has 1 aromatic rings. The van der Waals surface area contributed by atoms with Crippen molar-refractivity contribution in [3.63, 3.8) is 0 Å². The monoisotopic (exact) mass is 364 g/mol. The lowest BCUT2D eigenvalue weighted by Gasteiger charge is -2.25. The summed E-state index contributed by atoms with van der Waals surface area (Å²) in [5.41, 5.74) is 5.81. The predicted molar refractivity (Wildman–Crippen MR) is 93.1 cm³/mol. The van der Waals surface area contributed by atoms with Crippen molar-refractivity contribution in [3.05, 3.63) is 34.9 Å². The number of allylic oxidation sites excluding steroid dienone is 4. The van der Waals surface area contributed by atoms with Crippen molar-refractivity contribution in [2.24, 2.45) is 12.8 Å². The Labute approximate surface area is 151 Å². The molecule has 0 unspecified atom stereocenters. The van der Waals surface area contributed by atoms with E-state index < -0.39 is 11.7 Å². The third kappa shape index (κ3) is 4.36. The second-order valence-electron chi connectivity index (χ2n) is 6.98. The van der Waals surface area contributed by atoms with Crippen LogP contribution >= 0.6 is 0 Å². The van der Waals surface area contributed by atoms with Crippen molar-refractivity contribution in [1.29, 1.82) is 0 Å². The molecule has 0 aromatic carbocycles. The molecule has 26 heavy (non-hydrogen) atoms. The van der Waals surface area contributed by atoms with Gasteiger partial charge in [-0.2, -0.15) is 13.2 Å². The molecular formula is C19H23F3N4. The van der Waals surface area contributed by atoms with Crippen LogP contribution in [0.5, 0.6) is 0 Å². The number of aromatic nitrogens is 3. The minimum absolute atomic E-state index is 0.118. The van der Waals surface area contributed by atoms with Gasteiger partial charge in [0.05, 0.1) is 5.57 Å². The number of nitrogens with zero attached hydrogens (tertiary/aromatic N) is 3. The van der Waals surface area contributed by atoms with Crippen LogP contribution < -0.4 is 5.73 Å². The maximum Gasteiger partial charge on any atom is 0.416 e. The summed E-state index contributed by atoms with van der Waals surface area (Å²) in [6.45, 7) is 0. The summed E-state index contributed by atoms with van der Waals surface area (Å²) >= 11 is 0. The molecule has 0 aliphatic heterocycles. The average Bonchev–Trinajstić information content (AvgIpc) is 2.80. The maximum absolute atomic E-state index is 13.0. The fourth-order valence-corrected chi connectivity index (χ4v) is 3.51. The van der Waals surface area contributed by atoms with Gasteiger partial charge in [-0.25, -0.2) is 0 Å². The van der Waals surface area contributed by atoms with Crippen LogP contribution in [0.3, 0.4) is 0 Å². The largest absolute Gasteiger partial charge is 0.416 e. The summed E-state index contributed by atoms with van der Waals surface area (Å²) in [6, 6.07) is 0.274. The molecule has 3 rings (SSSR count). The van der Waals surface area contributed by atoms with E-state index in [-0.39, 0.29) is 12.5 Å². The molecule has 1 fully saturated rings. The molecule has 1 saturated carbocycles. The number of aryl methyl sites for hydroxylation is 1. The van der Waals surface area contributed by atoms with Crippen molar-refractivity contribution in [1.82, 2.24) is 14.8 Å². The Morgan fingerprint density at radius 2 is 1.92 bits per heavy atom. The first-order valence-electron chi connectivity index (χ1n) is 8.95. The van der Waals surface area contributed by atoms with Gasteiger partial charge >= 0.3 is 6.18 Å². The van der Waals surface area contributed by atoms with Crippen LogP contribution in [0.15, 0.2) is 23.3 Å². The zero-order valence-corrected chi connectivity index (χ0v) is 14.8. The van der Waals surface area contributed by atoms with Crippen LogP contribution in [0.25, 0.3) is 0 Å². The van der Waals surface area contributed by atoms with E-state index in [1.165, 1.54) is 0 Å². The smallest absolute Gasteiger partial charge is 0.328 e.